The lowest BCUT2D eigenvalue weighted by Gasteiger charge is -2.33. The molecule has 5 nitrogen and oxygen atoms in total. The molecule has 124 valence electrons. The van der Waals surface area contributed by atoms with Crippen molar-refractivity contribution in [3.8, 4) is 0 Å². The van der Waals surface area contributed by atoms with E-state index in [-0.39, 0.29) is 17.5 Å². The number of carbonyl (C=O) groups excluding carboxylic acids is 1. The maximum atomic E-state index is 12.5. The Morgan fingerprint density at radius 3 is 2.76 bits per heavy atom. The van der Waals surface area contributed by atoms with Gasteiger partial charge in [-0.05, 0) is 46.6 Å². The Morgan fingerprint density at radius 1 is 1.52 bits per heavy atom. The van der Waals surface area contributed by atoms with Crippen LogP contribution < -0.4 is 10.6 Å². The highest BCUT2D eigenvalue weighted by Gasteiger charge is 2.28. The predicted molar refractivity (Wildman–Crippen MR) is 86.4 cm³/mol. The van der Waals surface area contributed by atoms with Crippen molar-refractivity contribution >= 4 is 5.91 Å². The number of hydrogen-bond donors (Lipinski definition) is 2. The number of nitrogens with one attached hydrogen (secondary N) is 2. The lowest BCUT2D eigenvalue weighted by molar-refractivity contribution is -0.127. The van der Waals surface area contributed by atoms with E-state index in [1.165, 1.54) is 12.8 Å². The zero-order valence-electron chi connectivity index (χ0n) is 14.4. The number of rotatable bonds is 9. The van der Waals surface area contributed by atoms with Gasteiger partial charge < -0.3 is 15.4 Å². The summed E-state index contributed by atoms with van der Waals surface area (Å²) in [6.07, 6.45) is 3.35. The van der Waals surface area contributed by atoms with E-state index in [2.05, 4.69) is 36.3 Å². The highest BCUT2D eigenvalue weighted by atomic mass is 16.5. The molecule has 0 aromatic carbocycles. The van der Waals surface area contributed by atoms with Crippen LogP contribution >= 0.6 is 0 Å². The van der Waals surface area contributed by atoms with Crippen molar-refractivity contribution in [1.82, 2.24) is 15.5 Å². The fraction of sp³-hybridized carbons (Fsp3) is 0.938. The molecular formula is C16H33N3O2. The van der Waals surface area contributed by atoms with Crippen LogP contribution in [0.4, 0.5) is 0 Å². The normalized spacial score (nSPS) is 20.8. The Labute approximate surface area is 129 Å². The molecule has 1 rings (SSSR count). The summed E-state index contributed by atoms with van der Waals surface area (Å²) in [6, 6.07) is 0.365. The maximum Gasteiger partial charge on any atom is 0.237 e. The Bertz CT molecular complexity index is 315. The summed E-state index contributed by atoms with van der Waals surface area (Å²) in [7, 11) is 1.71. The van der Waals surface area contributed by atoms with Crippen LogP contribution in [-0.2, 0) is 9.53 Å². The number of hydrogen-bond acceptors (Lipinski definition) is 4. The molecule has 1 fully saturated rings. The second-order valence-corrected chi connectivity index (χ2v) is 6.68. The van der Waals surface area contributed by atoms with Crippen molar-refractivity contribution < 1.29 is 9.53 Å². The standard InChI is InChI=1S/C16H33N3O2/c1-6-16(3,4)18-15(20)13(2)19(10-11-21-5)12-14-8-7-9-17-14/h13-14,17H,6-12H2,1-5H3,(H,18,20). The van der Waals surface area contributed by atoms with E-state index in [1.54, 1.807) is 7.11 Å². The average molecular weight is 299 g/mol. The van der Waals surface area contributed by atoms with Crippen LogP contribution in [-0.4, -0.2) is 61.8 Å². The summed E-state index contributed by atoms with van der Waals surface area (Å²) in [4.78, 5) is 14.7. The van der Waals surface area contributed by atoms with E-state index < -0.39 is 0 Å². The summed E-state index contributed by atoms with van der Waals surface area (Å²) in [6.45, 7) is 11.7. The predicted octanol–water partition coefficient (Wildman–Crippen LogP) is 1.38. The van der Waals surface area contributed by atoms with Crippen molar-refractivity contribution in [1.29, 1.82) is 0 Å². The number of methoxy groups -OCH3 is 1. The van der Waals surface area contributed by atoms with Gasteiger partial charge in [0.1, 0.15) is 0 Å². The fourth-order valence-electron chi connectivity index (χ4n) is 2.54. The molecule has 0 aromatic rings. The Kier molecular flexibility index (Phi) is 7.63. The zero-order chi connectivity index (χ0) is 15.9. The van der Waals surface area contributed by atoms with Gasteiger partial charge in [0, 0.05) is 31.8 Å². The summed E-state index contributed by atoms with van der Waals surface area (Å²) >= 11 is 0. The topological polar surface area (TPSA) is 53.6 Å². The molecule has 1 aliphatic heterocycles. The Balaban J connectivity index is 2.59. The molecule has 0 aromatic heterocycles. The van der Waals surface area contributed by atoms with Gasteiger partial charge in [-0.3, -0.25) is 9.69 Å². The van der Waals surface area contributed by atoms with Gasteiger partial charge in [-0.15, -0.1) is 0 Å². The van der Waals surface area contributed by atoms with Crippen LogP contribution in [0.2, 0.25) is 0 Å². The van der Waals surface area contributed by atoms with Crippen molar-refractivity contribution in [2.24, 2.45) is 0 Å². The Morgan fingerprint density at radius 2 is 2.24 bits per heavy atom. The lowest BCUT2D eigenvalue weighted by Crippen LogP contribution is -2.54. The SMILES string of the molecule is CCC(C)(C)NC(=O)C(C)N(CCOC)CC1CCCN1. The van der Waals surface area contributed by atoms with Crippen LogP contribution in [0, 0.1) is 0 Å². The average Bonchev–Trinajstić information content (AvgIpc) is 2.95. The van der Waals surface area contributed by atoms with Crippen LogP contribution in [0.3, 0.4) is 0 Å². The minimum Gasteiger partial charge on any atom is -0.383 e. The number of ether oxygens (including phenoxy) is 1. The molecule has 0 aliphatic carbocycles. The first kappa shape index (κ1) is 18.4. The molecule has 1 aliphatic rings. The molecule has 1 amide bonds. The van der Waals surface area contributed by atoms with Crippen LogP contribution in [0.15, 0.2) is 0 Å². The molecule has 0 bridgehead atoms. The van der Waals surface area contributed by atoms with Crippen molar-refractivity contribution in [3.05, 3.63) is 0 Å². The third kappa shape index (κ3) is 6.32. The zero-order valence-corrected chi connectivity index (χ0v) is 14.4. The van der Waals surface area contributed by atoms with Gasteiger partial charge in [-0.25, -0.2) is 0 Å². The van der Waals surface area contributed by atoms with Crippen LogP contribution in [0.5, 0.6) is 0 Å². The summed E-state index contributed by atoms with van der Waals surface area (Å²) < 4.78 is 5.20. The van der Waals surface area contributed by atoms with Gasteiger partial charge in [0.15, 0.2) is 0 Å². The number of carbonyl (C=O) groups is 1. The molecule has 0 saturated carbocycles. The molecule has 2 N–H and O–H groups in total. The summed E-state index contributed by atoms with van der Waals surface area (Å²) in [5, 5.41) is 6.65. The van der Waals surface area contributed by atoms with E-state index in [4.69, 9.17) is 4.74 Å². The fourth-order valence-corrected chi connectivity index (χ4v) is 2.54. The summed E-state index contributed by atoms with van der Waals surface area (Å²) in [5.41, 5.74) is -0.149. The monoisotopic (exact) mass is 299 g/mol. The first-order valence-corrected chi connectivity index (χ1v) is 8.18. The van der Waals surface area contributed by atoms with Gasteiger partial charge in [-0.2, -0.15) is 0 Å². The van der Waals surface area contributed by atoms with E-state index in [0.717, 1.165) is 26.1 Å². The van der Waals surface area contributed by atoms with Gasteiger partial charge in [0.25, 0.3) is 0 Å². The van der Waals surface area contributed by atoms with Gasteiger partial charge >= 0.3 is 0 Å². The second-order valence-electron chi connectivity index (χ2n) is 6.68. The molecule has 2 unspecified atom stereocenters. The molecule has 2 atom stereocenters. The highest BCUT2D eigenvalue weighted by molar-refractivity contribution is 5.82. The largest absolute Gasteiger partial charge is 0.383 e. The first-order chi connectivity index (χ1) is 9.89. The van der Waals surface area contributed by atoms with Crippen LogP contribution in [0.25, 0.3) is 0 Å². The quantitative estimate of drug-likeness (QED) is 0.675. The lowest BCUT2D eigenvalue weighted by atomic mass is 10.0. The van der Waals surface area contributed by atoms with Gasteiger partial charge in [0.2, 0.25) is 5.91 Å². The molecule has 21 heavy (non-hydrogen) atoms. The summed E-state index contributed by atoms with van der Waals surface area (Å²) in [5.74, 6) is 0.107. The van der Waals surface area contributed by atoms with Crippen molar-refractivity contribution in [2.75, 3.05) is 33.4 Å². The van der Waals surface area contributed by atoms with Gasteiger partial charge in [-0.1, -0.05) is 6.92 Å². The van der Waals surface area contributed by atoms with Crippen LogP contribution in [0.1, 0.15) is 47.0 Å². The van der Waals surface area contributed by atoms with E-state index in [9.17, 15) is 4.79 Å². The third-order valence-electron chi connectivity index (χ3n) is 4.47. The third-order valence-corrected chi connectivity index (χ3v) is 4.47. The van der Waals surface area contributed by atoms with E-state index in [0.29, 0.717) is 12.6 Å². The second kappa shape index (κ2) is 8.71. The first-order valence-electron chi connectivity index (χ1n) is 8.18. The molecule has 1 heterocycles. The molecule has 1 saturated heterocycles. The number of amides is 1. The van der Waals surface area contributed by atoms with E-state index in [1.807, 2.05) is 6.92 Å². The van der Waals surface area contributed by atoms with Gasteiger partial charge in [0.05, 0.1) is 12.6 Å². The molecule has 5 heteroatoms. The van der Waals surface area contributed by atoms with Crippen molar-refractivity contribution in [3.63, 3.8) is 0 Å². The van der Waals surface area contributed by atoms with E-state index >= 15 is 0 Å². The van der Waals surface area contributed by atoms with Crippen molar-refractivity contribution in [2.45, 2.75) is 64.6 Å². The maximum absolute atomic E-state index is 12.5. The Hall–Kier alpha value is -0.650. The minimum atomic E-state index is -0.149. The molecule has 0 spiro atoms. The molecular weight excluding hydrogens is 266 g/mol. The number of nitrogens with zero attached hydrogens (tertiary/aromatic N) is 1. The minimum absolute atomic E-state index is 0.107. The molecule has 0 radical (unpaired) electrons. The highest BCUT2D eigenvalue weighted by Crippen LogP contribution is 2.12. The smallest absolute Gasteiger partial charge is 0.237 e.